The van der Waals surface area contributed by atoms with Crippen molar-refractivity contribution in [1.29, 1.82) is 0 Å². The van der Waals surface area contributed by atoms with Crippen LogP contribution >= 0.6 is 0 Å². The fraction of sp³-hybridized carbons (Fsp3) is 0.533. The van der Waals surface area contributed by atoms with E-state index in [1.165, 1.54) is 0 Å². The highest BCUT2D eigenvalue weighted by Gasteiger charge is 2.18. The molecule has 0 spiro atoms. The summed E-state index contributed by atoms with van der Waals surface area (Å²) >= 11 is 0. The van der Waals surface area contributed by atoms with Gasteiger partial charge in [0, 0.05) is 25.2 Å². The van der Waals surface area contributed by atoms with Gasteiger partial charge < -0.3 is 15.7 Å². The minimum Gasteiger partial charge on any atom is -0.508 e. The molecule has 0 unspecified atom stereocenters. The molecular formula is C15H24N2O2. The molecule has 0 aromatic heterocycles. The third-order valence-corrected chi connectivity index (χ3v) is 3.19. The SMILES string of the molecule is CC(C)C[C@H](CN)CC(=O)N(C)c1cccc(O)c1. The molecule has 0 aliphatic heterocycles. The fourth-order valence-corrected chi connectivity index (χ4v) is 2.16. The maximum absolute atomic E-state index is 12.2. The topological polar surface area (TPSA) is 66.6 Å². The van der Waals surface area contributed by atoms with E-state index in [0.29, 0.717) is 24.6 Å². The number of rotatable bonds is 6. The molecule has 4 heteroatoms. The van der Waals surface area contributed by atoms with Crippen LogP contribution in [0.2, 0.25) is 0 Å². The first-order valence-electron chi connectivity index (χ1n) is 6.69. The lowest BCUT2D eigenvalue weighted by Gasteiger charge is -2.22. The van der Waals surface area contributed by atoms with Gasteiger partial charge in [0.2, 0.25) is 5.91 Å². The maximum atomic E-state index is 12.2. The smallest absolute Gasteiger partial charge is 0.227 e. The summed E-state index contributed by atoms with van der Waals surface area (Å²) in [5, 5.41) is 9.43. The third-order valence-electron chi connectivity index (χ3n) is 3.19. The van der Waals surface area contributed by atoms with Gasteiger partial charge >= 0.3 is 0 Å². The van der Waals surface area contributed by atoms with Gasteiger partial charge in [0.05, 0.1) is 0 Å². The van der Waals surface area contributed by atoms with Crippen molar-refractivity contribution in [2.24, 2.45) is 17.6 Å². The quantitative estimate of drug-likeness (QED) is 0.829. The van der Waals surface area contributed by atoms with Gasteiger partial charge in [-0.05, 0) is 36.9 Å². The Morgan fingerprint density at radius 1 is 1.42 bits per heavy atom. The summed E-state index contributed by atoms with van der Waals surface area (Å²) in [6.45, 7) is 4.79. The number of aromatic hydroxyl groups is 1. The van der Waals surface area contributed by atoms with Crippen LogP contribution in [0.15, 0.2) is 24.3 Å². The number of hydrogen-bond acceptors (Lipinski definition) is 3. The molecule has 19 heavy (non-hydrogen) atoms. The molecule has 0 radical (unpaired) electrons. The Bertz CT molecular complexity index is 418. The summed E-state index contributed by atoms with van der Waals surface area (Å²) in [7, 11) is 1.72. The molecule has 4 nitrogen and oxygen atoms in total. The van der Waals surface area contributed by atoms with E-state index in [1.54, 1.807) is 36.2 Å². The maximum Gasteiger partial charge on any atom is 0.227 e. The number of anilines is 1. The summed E-state index contributed by atoms with van der Waals surface area (Å²) in [5.74, 6) is 0.941. The van der Waals surface area contributed by atoms with Gasteiger partial charge in [-0.15, -0.1) is 0 Å². The number of phenols is 1. The molecule has 0 saturated carbocycles. The average molecular weight is 264 g/mol. The van der Waals surface area contributed by atoms with Crippen molar-refractivity contribution >= 4 is 11.6 Å². The Balaban J connectivity index is 2.66. The van der Waals surface area contributed by atoms with Crippen molar-refractivity contribution in [3.05, 3.63) is 24.3 Å². The highest BCUT2D eigenvalue weighted by molar-refractivity contribution is 5.93. The Morgan fingerprint density at radius 3 is 2.63 bits per heavy atom. The Morgan fingerprint density at radius 2 is 2.11 bits per heavy atom. The lowest BCUT2D eigenvalue weighted by atomic mass is 9.94. The minimum atomic E-state index is 0.0294. The average Bonchev–Trinajstić information content (AvgIpc) is 2.36. The standard InChI is InChI=1S/C15H24N2O2/c1-11(2)7-12(10-16)8-15(19)17(3)13-5-4-6-14(18)9-13/h4-6,9,11-12,18H,7-8,10,16H2,1-3H3/t12-/m0/s1. The third kappa shape index (κ3) is 4.91. The van der Waals surface area contributed by atoms with Gasteiger partial charge in [-0.1, -0.05) is 19.9 Å². The van der Waals surface area contributed by atoms with E-state index in [-0.39, 0.29) is 17.6 Å². The Kier molecular flexibility index (Phi) is 5.83. The van der Waals surface area contributed by atoms with Crippen LogP contribution in [0, 0.1) is 11.8 Å². The minimum absolute atomic E-state index is 0.0294. The molecule has 1 rings (SSSR count). The monoisotopic (exact) mass is 264 g/mol. The van der Waals surface area contributed by atoms with Gasteiger partial charge in [-0.3, -0.25) is 4.79 Å². The molecule has 0 aliphatic rings. The summed E-state index contributed by atoms with van der Waals surface area (Å²) < 4.78 is 0. The van der Waals surface area contributed by atoms with Gasteiger partial charge in [0.25, 0.3) is 0 Å². The lowest BCUT2D eigenvalue weighted by molar-refractivity contribution is -0.119. The van der Waals surface area contributed by atoms with Gasteiger partial charge in [-0.25, -0.2) is 0 Å². The van der Waals surface area contributed by atoms with E-state index in [1.807, 2.05) is 0 Å². The zero-order chi connectivity index (χ0) is 14.4. The van der Waals surface area contributed by atoms with Crippen molar-refractivity contribution in [2.75, 3.05) is 18.5 Å². The van der Waals surface area contributed by atoms with Crippen LogP contribution in [0.4, 0.5) is 5.69 Å². The number of phenolic OH excluding ortho intramolecular Hbond substituents is 1. The van der Waals surface area contributed by atoms with E-state index in [4.69, 9.17) is 5.73 Å². The van der Waals surface area contributed by atoms with Crippen LogP contribution in [0.5, 0.6) is 5.75 Å². The van der Waals surface area contributed by atoms with Crippen molar-refractivity contribution < 1.29 is 9.90 Å². The second-order valence-electron chi connectivity index (χ2n) is 5.41. The molecule has 0 bridgehead atoms. The normalized spacial score (nSPS) is 12.5. The molecule has 0 heterocycles. The van der Waals surface area contributed by atoms with Gasteiger partial charge in [-0.2, -0.15) is 0 Å². The Labute approximate surface area is 115 Å². The number of carbonyl (C=O) groups excluding carboxylic acids is 1. The molecule has 0 aliphatic carbocycles. The Hall–Kier alpha value is -1.55. The van der Waals surface area contributed by atoms with E-state index in [2.05, 4.69) is 13.8 Å². The highest BCUT2D eigenvalue weighted by atomic mass is 16.3. The molecule has 3 N–H and O–H groups in total. The summed E-state index contributed by atoms with van der Waals surface area (Å²) in [6, 6.07) is 6.70. The van der Waals surface area contributed by atoms with Crippen LogP contribution in [-0.2, 0) is 4.79 Å². The highest BCUT2D eigenvalue weighted by Crippen LogP contribution is 2.21. The van der Waals surface area contributed by atoms with Crippen molar-refractivity contribution in [3.8, 4) is 5.75 Å². The molecule has 0 saturated heterocycles. The van der Waals surface area contributed by atoms with E-state index >= 15 is 0 Å². The first-order valence-corrected chi connectivity index (χ1v) is 6.69. The fourth-order valence-electron chi connectivity index (χ4n) is 2.16. The molecule has 106 valence electrons. The van der Waals surface area contributed by atoms with Crippen LogP contribution in [0.25, 0.3) is 0 Å². The summed E-state index contributed by atoms with van der Waals surface area (Å²) in [6.07, 6.45) is 1.40. The van der Waals surface area contributed by atoms with E-state index < -0.39 is 0 Å². The van der Waals surface area contributed by atoms with Crippen LogP contribution in [0.3, 0.4) is 0 Å². The molecule has 1 aromatic rings. The van der Waals surface area contributed by atoms with Crippen molar-refractivity contribution in [3.63, 3.8) is 0 Å². The van der Waals surface area contributed by atoms with E-state index in [0.717, 1.165) is 6.42 Å². The van der Waals surface area contributed by atoms with Crippen LogP contribution in [0.1, 0.15) is 26.7 Å². The van der Waals surface area contributed by atoms with E-state index in [9.17, 15) is 9.90 Å². The predicted molar refractivity (Wildman–Crippen MR) is 78.1 cm³/mol. The molecule has 1 amide bonds. The molecular weight excluding hydrogens is 240 g/mol. The summed E-state index contributed by atoms with van der Waals surface area (Å²) in [4.78, 5) is 13.8. The molecule has 0 fully saturated rings. The van der Waals surface area contributed by atoms with Gasteiger partial charge in [0.1, 0.15) is 5.75 Å². The number of carbonyl (C=O) groups is 1. The molecule has 1 atom stereocenters. The van der Waals surface area contributed by atoms with Crippen LogP contribution in [-0.4, -0.2) is 24.6 Å². The first kappa shape index (κ1) is 15.5. The number of amides is 1. The lowest BCUT2D eigenvalue weighted by Crippen LogP contribution is -2.30. The second kappa shape index (κ2) is 7.14. The number of nitrogens with zero attached hydrogens (tertiary/aromatic N) is 1. The second-order valence-corrected chi connectivity index (χ2v) is 5.41. The van der Waals surface area contributed by atoms with Gasteiger partial charge in [0.15, 0.2) is 0 Å². The predicted octanol–water partition coefficient (Wildman–Crippen LogP) is 2.37. The first-order chi connectivity index (χ1) is 8.93. The number of benzene rings is 1. The zero-order valence-corrected chi connectivity index (χ0v) is 12.0. The zero-order valence-electron chi connectivity index (χ0n) is 12.0. The number of hydrogen-bond donors (Lipinski definition) is 2. The number of nitrogens with two attached hydrogens (primary N) is 1. The van der Waals surface area contributed by atoms with Crippen molar-refractivity contribution in [2.45, 2.75) is 26.7 Å². The summed E-state index contributed by atoms with van der Waals surface area (Å²) in [5.41, 5.74) is 6.42. The van der Waals surface area contributed by atoms with Crippen molar-refractivity contribution in [1.82, 2.24) is 0 Å². The molecule has 1 aromatic carbocycles. The van der Waals surface area contributed by atoms with Crippen LogP contribution < -0.4 is 10.6 Å². The largest absolute Gasteiger partial charge is 0.508 e.